The molecule has 3 rings (SSSR count). The highest BCUT2D eigenvalue weighted by atomic mass is 16.5. The molecule has 0 aliphatic heterocycles. The van der Waals surface area contributed by atoms with Crippen LogP contribution in [0.1, 0.15) is 61.1 Å². The molecule has 1 unspecified atom stereocenters. The van der Waals surface area contributed by atoms with E-state index in [0.29, 0.717) is 29.2 Å². The number of hydrogen-bond acceptors (Lipinski definition) is 7. The van der Waals surface area contributed by atoms with E-state index in [1.165, 1.54) is 21.3 Å². The van der Waals surface area contributed by atoms with Gasteiger partial charge in [0.15, 0.2) is 11.5 Å². The Bertz CT molecular complexity index is 1150. The first-order chi connectivity index (χ1) is 17.5. The Kier molecular flexibility index (Phi) is 9.68. The van der Waals surface area contributed by atoms with Gasteiger partial charge in [-0.05, 0) is 48.7 Å². The number of methoxy groups -OCH3 is 5. The summed E-state index contributed by atoms with van der Waals surface area (Å²) < 4.78 is 33.4. The van der Waals surface area contributed by atoms with Crippen LogP contribution in [0, 0.1) is 0 Å². The highest BCUT2D eigenvalue weighted by Crippen LogP contribution is 2.40. The van der Waals surface area contributed by atoms with E-state index in [2.05, 4.69) is 6.92 Å². The largest absolute Gasteiger partial charge is 0.496 e. The van der Waals surface area contributed by atoms with Gasteiger partial charge < -0.3 is 28.4 Å². The fraction of sp³-hybridized carbons (Fsp3) is 0.414. The molecule has 7 nitrogen and oxygen atoms in total. The molecule has 0 radical (unpaired) electrons. The third-order valence-electron chi connectivity index (χ3n) is 6.24. The maximum Gasteiger partial charge on any atom is 0.339 e. The summed E-state index contributed by atoms with van der Waals surface area (Å²) in [6, 6.07) is 13.0. The Morgan fingerprint density at radius 2 is 1.31 bits per heavy atom. The van der Waals surface area contributed by atoms with Crippen LogP contribution in [0.5, 0.6) is 28.7 Å². The number of benzene rings is 3. The van der Waals surface area contributed by atoms with Crippen LogP contribution in [0.15, 0.2) is 42.5 Å². The zero-order valence-electron chi connectivity index (χ0n) is 22.0. The molecule has 0 N–H and O–H groups in total. The fourth-order valence-corrected chi connectivity index (χ4v) is 4.31. The van der Waals surface area contributed by atoms with Gasteiger partial charge in [0.2, 0.25) is 5.75 Å². The van der Waals surface area contributed by atoms with E-state index in [0.717, 1.165) is 53.5 Å². The maximum absolute atomic E-state index is 13.3. The Labute approximate surface area is 213 Å². The molecule has 3 aromatic rings. The lowest BCUT2D eigenvalue weighted by Crippen LogP contribution is -2.13. The average Bonchev–Trinajstić information content (AvgIpc) is 2.92. The summed E-state index contributed by atoms with van der Waals surface area (Å²) in [4.78, 5) is 13.3. The summed E-state index contributed by atoms with van der Waals surface area (Å²) >= 11 is 0. The lowest BCUT2D eigenvalue weighted by molar-refractivity contribution is 0.0270. The normalized spacial score (nSPS) is 11.6. The third kappa shape index (κ3) is 5.96. The molecule has 0 aliphatic rings. The molecular formula is C29H36O7. The first kappa shape index (κ1) is 27.0. The van der Waals surface area contributed by atoms with Crippen molar-refractivity contribution in [1.82, 2.24) is 0 Å². The smallest absolute Gasteiger partial charge is 0.339 e. The predicted molar refractivity (Wildman–Crippen MR) is 140 cm³/mol. The molecule has 0 aromatic heterocycles. The molecule has 0 bridgehead atoms. The van der Waals surface area contributed by atoms with Gasteiger partial charge >= 0.3 is 5.97 Å². The van der Waals surface area contributed by atoms with Crippen molar-refractivity contribution in [2.45, 2.75) is 45.1 Å². The van der Waals surface area contributed by atoms with Gasteiger partial charge in [0.25, 0.3) is 0 Å². The Balaban J connectivity index is 1.98. The molecule has 0 fully saturated rings. The topological polar surface area (TPSA) is 72.5 Å². The van der Waals surface area contributed by atoms with Gasteiger partial charge in [-0.25, -0.2) is 4.79 Å². The molecule has 1 atom stereocenters. The molecule has 0 heterocycles. The van der Waals surface area contributed by atoms with Crippen molar-refractivity contribution in [3.63, 3.8) is 0 Å². The second kappa shape index (κ2) is 12.9. The highest BCUT2D eigenvalue weighted by molar-refractivity contribution is 5.94. The van der Waals surface area contributed by atoms with Gasteiger partial charge in [-0.1, -0.05) is 38.3 Å². The van der Waals surface area contributed by atoms with E-state index in [1.807, 2.05) is 30.3 Å². The Morgan fingerprint density at radius 1 is 0.694 bits per heavy atom. The molecule has 0 spiro atoms. The summed E-state index contributed by atoms with van der Waals surface area (Å²) in [6.07, 6.45) is 4.54. The summed E-state index contributed by atoms with van der Waals surface area (Å²) in [5, 5.41) is 1.83. The lowest BCUT2D eigenvalue weighted by atomic mass is 9.98. The number of hydrogen-bond donors (Lipinski definition) is 0. The van der Waals surface area contributed by atoms with E-state index in [4.69, 9.17) is 28.4 Å². The number of carbonyl (C=O) groups excluding carboxylic acids is 1. The van der Waals surface area contributed by atoms with Crippen LogP contribution >= 0.6 is 0 Å². The van der Waals surface area contributed by atoms with Crippen LogP contribution in [0.25, 0.3) is 10.8 Å². The predicted octanol–water partition coefficient (Wildman–Crippen LogP) is 6.75. The van der Waals surface area contributed by atoms with Crippen LogP contribution in [-0.4, -0.2) is 41.5 Å². The van der Waals surface area contributed by atoms with E-state index in [9.17, 15) is 4.79 Å². The number of fused-ring (bicyclic) bond motifs is 1. The molecule has 0 aliphatic carbocycles. The van der Waals surface area contributed by atoms with Crippen molar-refractivity contribution in [2.75, 3.05) is 35.5 Å². The van der Waals surface area contributed by atoms with Crippen LogP contribution < -0.4 is 23.7 Å². The van der Waals surface area contributed by atoms with E-state index in [1.54, 1.807) is 26.4 Å². The summed E-state index contributed by atoms with van der Waals surface area (Å²) in [5.74, 6) is 2.23. The molecule has 3 aromatic carbocycles. The summed E-state index contributed by atoms with van der Waals surface area (Å²) in [6.45, 7) is 2.17. The van der Waals surface area contributed by atoms with Crippen LogP contribution in [0.3, 0.4) is 0 Å². The van der Waals surface area contributed by atoms with Crippen molar-refractivity contribution in [1.29, 1.82) is 0 Å². The van der Waals surface area contributed by atoms with E-state index in [-0.39, 0.29) is 0 Å². The first-order valence-electron chi connectivity index (χ1n) is 12.2. The monoisotopic (exact) mass is 496 g/mol. The SMILES string of the molecule is CCCCCCC(OC(=O)c1cc(OC)c(OC)c(OC)c1)c1ccc2c(OC)ccc(OC)c2c1. The highest BCUT2D eigenvalue weighted by Gasteiger charge is 2.23. The molecular weight excluding hydrogens is 460 g/mol. The van der Waals surface area contributed by atoms with Crippen LogP contribution in [0.4, 0.5) is 0 Å². The van der Waals surface area contributed by atoms with Gasteiger partial charge in [0.05, 0.1) is 41.1 Å². The summed E-state index contributed by atoms with van der Waals surface area (Å²) in [5.41, 5.74) is 1.22. The fourth-order valence-electron chi connectivity index (χ4n) is 4.31. The van der Waals surface area contributed by atoms with Crippen molar-refractivity contribution in [3.8, 4) is 28.7 Å². The molecule has 0 amide bonds. The minimum Gasteiger partial charge on any atom is -0.496 e. The second-order valence-electron chi connectivity index (χ2n) is 8.43. The second-order valence-corrected chi connectivity index (χ2v) is 8.43. The number of ether oxygens (including phenoxy) is 6. The number of unbranched alkanes of at least 4 members (excludes halogenated alkanes) is 3. The van der Waals surface area contributed by atoms with Crippen molar-refractivity contribution < 1.29 is 33.2 Å². The van der Waals surface area contributed by atoms with Crippen LogP contribution in [0.2, 0.25) is 0 Å². The number of carbonyl (C=O) groups is 1. The lowest BCUT2D eigenvalue weighted by Gasteiger charge is -2.21. The molecule has 0 saturated carbocycles. The zero-order chi connectivity index (χ0) is 26.1. The van der Waals surface area contributed by atoms with Gasteiger partial charge in [-0.2, -0.15) is 0 Å². The average molecular weight is 497 g/mol. The van der Waals surface area contributed by atoms with Gasteiger partial charge in [0.1, 0.15) is 17.6 Å². The Hall–Kier alpha value is -3.61. The first-order valence-corrected chi connectivity index (χ1v) is 12.2. The number of esters is 1. The minimum absolute atomic E-state index is 0.322. The standard InChI is InChI=1S/C29H36O7/c1-7-8-9-10-11-23(19-12-13-21-22(16-19)25(32-3)15-14-24(21)31-2)36-29(30)20-17-26(33-4)28(35-6)27(18-20)34-5/h12-18,23H,7-11H2,1-6H3. The molecule has 36 heavy (non-hydrogen) atoms. The van der Waals surface area contributed by atoms with E-state index < -0.39 is 12.1 Å². The van der Waals surface area contributed by atoms with Crippen LogP contribution in [-0.2, 0) is 4.74 Å². The maximum atomic E-state index is 13.3. The summed E-state index contributed by atoms with van der Waals surface area (Å²) in [7, 11) is 7.83. The third-order valence-corrected chi connectivity index (χ3v) is 6.24. The Morgan fingerprint density at radius 3 is 1.86 bits per heavy atom. The minimum atomic E-state index is -0.465. The molecule has 194 valence electrons. The van der Waals surface area contributed by atoms with Crippen molar-refractivity contribution >= 4 is 16.7 Å². The van der Waals surface area contributed by atoms with Gasteiger partial charge in [-0.15, -0.1) is 0 Å². The molecule has 0 saturated heterocycles. The van der Waals surface area contributed by atoms with Crippen molar-refractivity contribution in [2.24, 2.45) is 0 Å². The number of rotatable bonds is 13. The van der Waals surface area contributed by atoms with Crippen molar-refractivity contribution in [3.05, 3.63) is 53.6 Å². The van der Waals surface area contributed by atoms with E-state index >= 15 is 0 Å². The quantitative estimate of drug-likeness (QED) is 0.191. The zero-order valence-corrected chi connectivity index (χ0v) is 22.0. The molecule has 7 heteroatoms. The van der Waals surface area contributed by atoms with Gasteiger partial charge in [0, 0.05) is 10.8 Å². The van der Waals surface area contributed by atoms with Gasteiger partial charge in [-0.3, -0.25) is 0 Å².